The van der Waals surface area contributed by atoms with Crippen molar-refractivity contribution in [3.8, 4) is 0 Å². The fourth-order valence-corrected chi connectivity index (χ4v) is 17.0. The van der Waals surface area contributed by atoms with Crippen LogP contribution in [0.3, 0.4) is 0 Å². The summed E-state index contributed by atoms with van der Waals surface area (Å²) in [5.41, 5.74) is 0. The first-order chi connectivity index (χ1) is 58.1. The molecule has 0 amide bonds. The van der Waals surface area contributed by atoms with Crippen molar-refractivity contribution in [2.45, 2.75) is 518 Å². The Morgan fingerprint density at radius 1 is 0.350 bits per heavy atom. The van der Waals surface area contributed by atoms with Crippen LogP contribution in [0.1, 0.15) is 413 Å². The summed E-state index contributed by atoms with van der Waals surface area (Å²) >= 11 is 0. The molecule has 2 heterocycles. The first kappa shape index (κ1) is 111. The van der Waals surface area contributed by atoms with Gasteiger partial charge in [0.25, 0.3) is 0 Å². The Morgan fingerprint density at radius 3 is 1.08 bits per heavy atom. The number of aliphatic hydroxyl groups excluding tert-OH is 9. The van der Waals surface area contributed by atoms with Crippen molar-refractivity contribution in [3.05, 3.63) is 24.3 Å². The van der Waals surface area contributed by atoms with Crippen LogP contribution in [-0.4, -0.2) is 205 Å². The predicted octanol–water partition coefficient (Wildman–Crippen LogP) is 18.4. The molecule has 3 aliphatic rings. The number of aliphatic hydroxyl groups is 9. The van der Waals surface area contributed by atoms with Crippen LogP contribution in [0.2, 0.25) is 0 Å². The lowest BCUT2D eigenvalue weighted by atomic mass is 9.84. The average Bonchev–Trinajstić information content (AvgIpc) is 0.753. The van der Waals surface area contributed by atoms with Gasteiger partial charge < -0.3 is 88.7 Å². The van der Waals surface area contributed by atoms with E-state index in [4.69, 9.17) is 46.9 Å². The lowest BCUT2D eigenvalue weighted by Crippen LogP contribution is -2.70. The normalized spacial score (nSPS) is 25.1. The summed E-state index contributed by atoms with van der Waals surface area (Å²) in [6, 6.07) is 0. The summed E-state index contributed by atoms with van der Waals surface area (Å²) in [5, 5.41) is 102. The molecule has 704 valence electrons. The zero-order valence-corrected chi connectivity index (χ0v) is 76.2. The molecule has 2 aliphatic heterocycles. The minimum Gasteiger partial charge on any atom is -0.463 e. The van der Waals surface area contributed by atoms with E-state index < -0.39 is 162 Å². The number of ether oxygens (including phenoxy) is 8. The third-order valence-corrected chi connectivity index (χ3v) is 24.8. The van der Waals surface area contributed by atoms with E-state index in [2.05, 4.69) is 58.9 Å². The summed E-state index contributed by atoms with van der Waals surface area (Å²) in [6.45, 7) is 7.92. The van der Waals surface area contributed by atoms with E-state index in [1.165, 1.54) is 161 Å². The van der Waals surface area contributed by atoms with Crippen LogP contribution in [0.25, 0.3) is 0 Å². The molecule has 0 radical (unpaired) electrons. The quantitative estimate of drug-likeness (QED) is 0.00889. The van der Waals surface area contributed by atoms with Gasteiger partial charge in [0.2, 0.25) is 0 Å². The van der Waals surface area contributed by atoms with Crippen molar-refractivity contribution in [1.82, 2.24) is 0 Å². The highest BCUT2D eigenvalue weighted by molar-refractivity contribution is 7.47. The van der Waals surface area contributed by atoms with Gasteiger partial charge in [0.15, 0.2) is 24.8 Å². The molecule has 3 rings (SSSR count). The number of hydrogen-bond acceptors (Lipinski definition) is 24. The summed E-state index contributed by atoms with van der Waals surface area (Å²) in [6.07, 6.45) is 31.5. The molecule has 0 aromatic carbocycles. The monoisotopic (exact) mass is 1730 g/mol. The fraction of sp³-hybridized carbons (Fsp3) is 0.915. The van der Waals surface area contributed by atoms with Gasteiger partial charge in [0.1, 0.15) is 92.6 Å². The van der Waals surface area contributed by atoms with Gasteiger partial charge >= 0.3 is 31.7 Å². The highest BCUT2D eigenvalue weighted by Crippen LogP contribution is 2.49. The van der Waals surface area contributed by atoms with Gasteiger partial charge in [-0.05, 0) is 83.0 Å². The Kier molecular flexibility index (Phi) is 66.6. The van der Waals surface area contributed by atoms with E-state index in [0.717, 1.165) is 161 Å². The van der Waals surface area contributed by atoms with E-state index >= 15 is 0 Å². The molecule has 0 aromatic rings. The molecule has 10 N–H and O–H groups in total. The molecule has 25 nitrogen and oxygen atoms in total. The first-order valence-electron chi connectivity index (χ1n) is 48.5. The molecule has 1 aliphatic carbocycles. The molecule has 120 heavy (non-hydrogen) atoms. The Labute approximate surface area is 724 Å². The van der Waals surface area contributed by atoms with Gasteiger partial charge in [0, 0.05) is 25.7 Å². The number of phosphoric ester groups is 1. The first-order valence-corrected chi connectivity index (χ1v) is 50.0. The Balaban J connectivity index is 1.92. The second kappa shape index (κ2) is 71.9. The molecule has 19 unspecified atom stereocenters. The average molecular weight is 1730 g/mol. The number of unbranched alkanes of at least 4 members (excludes halogenated alkanes) is 46. The molecule has 3 fully saturated rings. The molecule has 0 bridgehead atoms. The molecule has 1 saturated carbocycles. The van der Waals surface area contributed by atoms with Crippen LogP contribution >= 0.6 is 7.82 Å². The van der Waals surface area contributed by atoms with E-state index in [1.54, 1.807) is 0 Å². The van der Waals surface area contributed by atoms with Gasteiger partial charge in [-0.1, -0.05) is 335 Å². The second-order valence-electron chi connectivity index (χ2n) is 34.9. The van der Waals surface area contributed by atoms with Crippen LogP contribution in [0.5, 0.6) is 0 Å². The zero-order chi connectivity index (χ0) is 87.6. The molecule has 0 aromatic heterocycles. The van der Waals surface area contributed by atoms with Crippen LogP contribution in [-0.2, 0) is 70.7 Å². The molecule has 2 saturated heterocycles. The Hall–Kier alpha value is -3.05. The van der Waals surface area contributed by atoms with Crippen molar-refractivity contribution >= 4 is 31.7 Å². The van der Waals surface area contributed by atoms with Crippen LogP contribution < -0.4 is 0 Å². The highest BCUT2D eigenvalue weighted by Gasteiger charge is 2.60. The topological polar surface area (TPSA) is 380 Å². The second-order valence-corrected chi connectivity index (χ2v) is 36.3. The zero-order valence-electron chi connectivity index (χ0n) is 75.3. The SMILES string of the molecule is CCCCCC/C=C\CCCCCCCCCC(=O)OCC(COP(=O)(O)OC1C(OC2OC(CO)C(O)C(O)C2O)C(O)C(O)C(OC(=O)CCCCCCCCC/C=C\CCCCCC)C1OC1OC(COC(=O)CCCCCCCCCCCCCCCCC)C(O)C(O)C1O)OC(=O)CCCCCCCCC(C)CCCCCCCC. The van der Waals surface area contributed by atoms with Crippen LogP contribution in [0.4, 0.5) is 0 Å². The van der Waals surface area contributed by atoms with Crippen LogP contribution in [0.15, 0.2) is 24.3 Å². The van der Waals surface area contributed by atoms with E-state index in [9.17, 15) is 74.6 Å². The maximum atomic E-state index is 14.9. The van der Waals surface area contributed by atoms with Crippen molar-refractivity contribution in [3.63, 3.8) is 0 Å². The third-order valence-electron chi connectivity index (χ3n) is 23.8. The van der Waals surface area contributed by atoms with E-state index in [1.807, 2.05) is 0 Å². The van der Waals surface area contributed by atoms with Gasteiger partial charge in [-0.15, -0.1) is 0 Å². The molecule has 0 spiro atoms. The fourth-order valence-electron chi connectivity index (χ4n) is 16.0. The summed E-state index contributed by atoms with van der Waals surface area (Å²) in [4.78, 5) is 66.6. The Morgan fingerprint density at radius 2 is 0.675 bits per heavy atom. The maximum absolute atomic E-state index is 14.9. The minimum absolute atomic E-state index is 0.0167. The lowest BCUT2D eigenvalue weighted by molar-refractivity contribution is -0.360. The maximum Gasteiger partial charge on any atom is 0.472 e. The molecule has 26 heteroatoms. The molecular weight excluding hydrogens is 1560 g/mol. The Bertz CT molecular complexity index is 2600. The largest absolute Gasteiger partial charge is 0.472 e. The van der Waals surface area contributed by atoms with Gasteiger partial charge in [-0.3, -0.25) is 28.2 Å². The van der Waals surface area contributed by atoms with Crippen molar-refractivity contribution in [1.29, 1.82) is 0 Å². The number of carbonyl (C=O) groups is 4. The number of phosphoric acid groups is 1. The van der Waals surface area contributed by atoms with Gasteiger partial charge in [0.05, 0.1) is 13.2 Å². The lowest BCUT2D eigenvalue weighted by Gasteiger charge is -2.50. The molecular formula is C94H173O25P. The summed E-state index contributed by atoms with van der Waals surface area (Å²) in [5.74, 6) is -2.30. The van der Waals surface area contributed by atoms with E-state index in [-0.39, 0.29) is 25.7 Å². The number of esters is 4. The number of rotatable bonds is 78. The third kappa shape index (κ3) is 51.7. The molecule has 19 atom stereocenters. The van der Waals surface area contributed by atoms with E-state index in [0.29, 0.717) is 38.0 Å². The number of allylic oxidation sites excluding steroid dienone is 4. The predicted molar refractivity (Wildman–Crippen MR) is 467 cm³/mol. The van der Waals surface area contributed by atoms with Crippen molar-refractivity contribution in [2.24, 2.45) is 5.92 Å². The van der Waals surface area contributed by atoms with Crippen molar-refractivity contribution in [2.75, 3.05) is 26.4 Å². The summed E-state index contributed by atoms with van der Waals surface area (Å²) < 4.78 is 73.6. The summed E-state index contributed by atoms with van der Waals surface area (Å²) in [7, 11) is -5.81. The van der Waals surface area contributed by atoms with Gasteiger partial charge in [-0.25, -0.2) is 4.57 Å². The minimum atomic E-state index is -5.81. The highest BCUT2D eigenvalue weighted by atomic mass is 31.2. The smallest absolute Gasteiger partial charge is 0.463 e. The standard InChI is InChI=1S/C94H173O25P/c1-6-10-14-18-22-25-28-31-34-37-40-43-46-53-59-65-77(96)110-70-74(113-79(98)67-61-56-50-49-52-58-64-73(5)63-57-51-21-17-13-9-4)71-112-120(108,109)119-92-90(117-93-87(106)83(102)81(100)75(69-95)114-93)86(105)85(104)89(116-80(99)68-62-55-48-45-42-39-36-33-30-27-24-20-16-12-8-3)91(92)118-94-88(107)84(103)82(101)76(115-94)72-111-78(97)66-60-54-47-44-41-38-35-32-29-26-23-19-15-11-7-2/h25,27-28,30,73-76,81-95,100-107H,6-24,26,29,31-72H2,1-5H3,(H,108,109)/b28-25-,30-27-. The van der Waals surface area contributed by atoms with Crippen molar-refractivity contribution < 1.29 is 122 Å². The number of hydrogen-bond donors (Lipinski definition) is 10. The van der Waals surface area contributed by atoms with Gasteiger partial charge in [-0.2, -0.15) is 0 Å². The number of carbonyl (C=O) groups excluding carboxylic acids is 4. The van der Waals surface area contributed by atoms with Crippen LogP contribution in [0, 0.1) is 5.92 Å².